The molecule has 6 heteroatoms. The van der Waals surface area contributed by atoms with Crippen molar-refractivity contribution in [3.05, 3.63) is 35.9 Å². The van der Waals surface area contributed by atoms with Gasteiger partial charge in [0.15, 0.2) is 0 Å². The van der Waals surface area contributed by atoms with Crippen molar-refractivity contribution in [3.8, 4) is 0 Å². The molecular formula is C24H38N4O2. The Bertz CT molecular complexity index is 682. The van der Waals surface area contributed by atoms with Crippen LogP contribution >= 0.6 is 0 Å². The maximum absolute atomic E-state index is 12.8. The molecule has 2 amide bonds. The van der Waals surface area contributed by atoms with Crippen molar-refractivity contribution in [1.29, 1.82) is 0 Å². The van der Waals surface area contributed by atoms with Gasteiger partial charge in [0.1, 0.15) is 0 Å². The summed E-state index contributed by atoms with van der Waals surface area (Å²) in [5.74, 6) is 0.647. The van der Waals surface area contributed by atoms with Gasteiger partial charge < -0.3 is 10.2 Å². The Morgan fingerprint density at radius 2 is 1.40 bits per heavy atom. The standard InChI is InChI=1S/C24H38N4O2/c1-19(22-10-6-4-7-11-22)18-25-23(29)20(2)26-14-16-27(17-15-26)21(3)24(30)28-12-8-5-9-13-28/h4,6-7,10-11,19-21H,5,8-9,12-18H2,1-3H3,(H,25,29). The largest absolute Gasteiger partial charge is 0.354 e. The quantitative estimate of drug-likeness (QED) is 0.744. The number of hydrogen-bond donors (Lipinski definition) is 1. The lowest BCUT2D eigenvalue weighted by Crippen LogP contribution is -2.58. The van der Waals surface area contributed by atoms with E-state index in [1.807, 2.05) is 36.9 Å². The SMILES string of the molecule is CC(CNC(=O)C(C)N1CCN(C(C)C(=O)N2CCCCC2)CC1)c1ccccc1. The molecule has 0 saturated carbocycles. The first-order valence-corrected chi connectivity index (χ1v) is 11.6. The van der Waals surface area contributed by atoms with Crippen LogP contribution in [0.25, 0.3) is 0 Å². The Morgan fingerprint density at radius 3 is 2.00 bits per heavy atom. The zero-order chi connectivity index (χ0) is 21.5. The van der Waals surface area contributed by atoms with E-state index in [1.165, 1.54) is 12.0 Å². The van der Waals surface area contributed by atoms with Gasteiger partial charge in [0.25, 0.3) is 0 Å². The lowest BCUT2D eigenvalue weighted by atomic mass is 10.0. The van der Waals surface area contributed by atoms with Gasteiger partial charge in [-0.15, -0.1) is 0 Å². The minimum atomic E-state index is -0.150. The monoisotopic (exact) mass is 414 g/mol. The maximum atomic E-state index is 12.8. The van der Waals surface area contributed by atoms with Crippen LogP contribution in [0, 0.1) is 0 Å². The van der Waals surface area contributed by atoms with Gasteiger partial charge in [-0.2, -0.15) is 0 Å². The van der Waals surface area contributed by atoms with Crippen molar-refractivity contribution >= 4 is 11.8 Å². The van der Waals surface area contributed by atoms with Crippen molar-refractivity contribution < 1.29 is 9.59 Å². The van der Waals surface area contributed by atoms with Gasteiger partial charge in [-0.25, -0.2) is 0 Å². The molecule has 0 spiro atoms. The molecule has 2 fully saturated rings. The molecule has 2 aliphatic heterocycles. The highest BCUT2D eigenvalue weighted by molar-refractivity contribution is 5.82. The number of benzene rings is 1. The second-order valence-corrected chi connectivity index (χ2v) is 8.87. The van der Waals surface area contributed by atoms with Crippen LogP contribution in [-0.4, -0.2) is 84.4 Å². The first-order chi connectivity index (χ1) is 14.5. The van der Waals surface area contributed by atoms with Crippen LogP contribution < -0.4 is 5.32 Å². The minimum absolute atomic E-state index is 0.0684. The van der Waals surface area contributed by atoms with Crippen molar-refractivity contribution in [3.63, 3.8) is 0 Å². The molecule has 6 nitrogen and oxygen atoms in total. The van der Waals surface area contributed by atoms with Crippen LogP contribution in [-0.2, 0) is 9.59 Å². The molecule has 1 aromatic carbocycles. The number of likely N-dealkylation sites (tertiary alicyclic amines) is 1. The first kappa shape index (κ1) is 22.8. The average Bonchev–Trinajstić information content (AvgIpc) is 2.82. The average molecular weight is 415 g/mol. The van der Waals surface area contributed by atoms with Crippen LogP contribution in [0.1, 0.15) is 51.5 Å². The molecule has 0 bridgehead atoms. The highest BCUT2D eigenvalue weighted by atomic mass is 16.2. The number of carbonyl (C=O) groups is 2. The van der Waals surface area contributed by atoms with Crippen LogP contribution in [0.15, 0.2) is 30.3 Å². The smallest absolute Gasteiger partial charge is 0.239 e. The lowest BCUT2D eigenvalue weighted by Gasteiger charge is -2.41. The van der Waals surface area contributed by atoms with Gasteiger partial charge in [0, 0.05) is 45.8 Å². The van der Waals surface area contributed by atoms with Gasteiger partial charge in [-0.3, -0.25) is 19.4 Å². The summed E-state index contributed by atoms with van der Waals surface area (Å²) in [6, 6.07) is 10.1. The molecule has 1 aromatic rings. The highest BCUT2D eigenvalue weighted by Crippen LogP contribution is 2.16. The number of nitrogens with zero attached hydrogens (tertiary/aromatic N) is 3. The summed E-state index contributed by atoms with van der Waals surface area (Å²) >= 11 is 0. The predicted molar refractivity (Wildman–Crippen MR) is 120 cm³/mol. The molecule has 2 aliphatic rings. The molecular weight excluding hydrogens is 376 g/mol. The van der Waals surface area contributed by atoms with Gasteiger partial charge in [-0.05, 0) is 44.6 Å². The zero-order valence-electron chi connectivity index (χ0n) is 18.8. The highest BCUT2D eigenvalue weighted by Gasteiger charge is 2.31. The summed E-state index contributed by atoms with van der Waals surface area (Å²) in [7, 11) is 0. The Morgan fingerprint density at radius 1 is 0.833 bits per heavy atom. The van der Waals surface area contributed by atoms with E-state index in [4.69, 9.17) is 0 Å². The van der Waals surface area contributed by atoms with Crippen molar-refractivity contribution in [1.82, 2.24) is 20.0 Å². The molecule has 3 unspecified atom stereocenters. The van der Waals surface area contributed by atoms with E-state index >= 15 is 0 Å². The second kappa shape index (κ2) is 10.9. The summed E-state index contributed by atoms with van der Waals surface area (Å²) in [6.45, 7) is 11.9. The maximum Gasteiger partial charge on any atom is 0.239 e. The van der Waals surface area contributed by atoms with Gasteiger partial charge in [0.2, 0.25) is 11.8 Å². The fraction of sp³-hybridized carbons (Fsp3) is 0.667. The van der Waals surface area contributed by atoms with E-state index in [-0.39, 0.29) is 23.9 Å². The van der Waals surface area contributed by atoms with Crippen molar-refractivity contribution in [2.45, 2.75) is 58.0 Å². The number of rotatable bonds is 7. The summed E-state index contributed by atoms with van der Waals surface area (Å²) in [5.41, 5.74) is 1.24. The van der Waals surface area contributed by atoms with E-state index < -0.39 is 0 Å². The molecule has 166 valence electrons. The topological polar surface area (TPSA) is 55.9 Å². The summed E-state index contributed by atoms with van der Waals surface area (Å²) < 4.78 is 0. The molecule has 3 atom stereocenters. The van der Waals surface area contributed by atoms with Crippen LogP contribution in [0.3, 0.4) is 0 Å². The molecule has 3 rings (SSSR count). The molecule has 0 aliphatic carbocycles. The minimum Gasteiger partial charge on any atom is -0.354 e. The fourth-order valence-electron chi connectivity index (χ4n) is 4.51. The van der Waals surface area contributed by atoms with Gasteiger partial charge in [0.05, 0.1) is 12.1 Å². The Hall–Kier alpha value is -1.92. The second-order valence-electron chi connectivity index (χ2n) is 8.87. The predicted octanol–water partition coefficient (Wildman–Crippen LogP) is 2.31. The third kappa shape index (κ3) is 5.82. The van der Waals surface area contributed by atoms with E-state index in [0.29, 0.717) is 12.5 Å². The summed E-state index contributed by atoms with van der Waals surface area (Å²) in [4.78, 5) is 32.0. The Labute approximate surface area is 181 Å². The number of hydrogen-bond acceptors (Lipinski definition) is 4. The lowest BCUT2D eigenvalue weighted by molar-refractivity contribution is -0.138. The first-order valence-electron chi connectivity index (χ1n) is 11.6. The molecule has 1 N–H and O–H groups in total. The van der Waals surface area contributed by atoms with Crippen molar-refractivity contribution in [2.75, 3.05) is 45.8 Å². The normalized spacial score (nSPS) is 21.6. The molecule has 2 heterocycles. The summed E-state index contributed by atoms with van der Waals surface area (Å²) in [6.07, 6.45) is 3.49. The molecule has 30 heavy (non-hydrogen) atoms. The third-order valence-electron chi connectivity index (χ3n) is 6.80. The van der Waals surface area contributed by atoms with Crippen molar-refractivity contribution in [2.24, 2.45) is 0 Å². The van der Waals surface area contributed by atoms with E-state index in [0.717, 1.165) is 52.1 Å². The van der Waals surface area contributed by atoms with Gasteiger partial charge in [-0.1, -0.05) is 37.3 Å². The van der Waals surface area contributed by atoms with Crippen LogP contribution in [0.4, 0.5) is 0 Å². The van der Waals surface area contributed by atoms with E-state index in [1.54, 1.807) is 0 Å². The number of carbonyl (C=O) groups excluding carboxylic acids is 2. The van der Waals surface area contributed by atoms with Gasteiger partial charge >= 0.3 is 0 Å². The number of amides is 2. The zero-order valence-corrected chi connectivity index (χ0v) is 18.8. The molecule has 0 aromatic heterocycles. The molecule has 0 radical (unpaired) electrons. The van der Waals surface area contributed by atoms with E-state index in [9.17, 15) is 9.59 Å². The summed E-state index contributed by atoms with van der Waals surface area (Å²) in [5, 5.41) is 3.12. The van der Waals surface area contributed by atoms with Crippen LogP contribution in [0.5, 0.6) is 0 Å². The Kier molecular flexibility index (Phi) is 8.28. The molecule has 2 saturated heterocycles. The number of piperidine rings is 1. The fourth-order valence-corrected chi connectivity index (χ4v) is 4.51. The number of piperazine rings is 1. The van der Waals surface area contributed by atoms with Crippen LogP contribution in [0.2, 0.25) is 0 Å². The van der Waals surface area contributed by atoms with E-state index in [2.05, 4.69) is 34.2 Å². The Balaban J connectivity index is 1.42. The number of nitrogens with one attached hydrogen (secondary N) is 1. The third-order valence-corrected chi connectivity index (χ3v) is 6.80.